The molecule has 2 saturated carbocycles. The van der Waals surface area contributed by atoms with Crippen LogP contribution in [0.1, 0.15) is 19.3 Å². The minimum atomic E-state index is -0.820. The van der Waals surface area contributed by atoms with E-state index in [0.717, 1.165) is 19.3 Å². The molecule has 110 valence electrons. The lowest BCUT2D eigenvalue weighted by Crippen LogP contribution is -2.56. The van der Waals surface area contributed by atoms with Gasteiger partial charge in [-0.3, -0.25) is 9.59 Å². The van der Waals surface area contributed by atoms with E-state index in [1.165, 1.54) is 4.90 Å². The normalized spacial score (nSPS) is 35.8. The maximum absolute atomic E-state index is 12.2. The molecule has 7 nitrogen and oxygen atoms in total. The largest absolute Gasteiger partial charge is 0.481 e. The van der Waals surface area contributed by atoms with Crippen molar-refractivity contribution in [2.75, 3.05) is 19.6 Å². The summed E-state index contributed by atoms with van der Waals surface area (Å²) >= 11 is 0. The molecule has 3 N–H and O–H groups in total. The van der Waals surface area contributed by atoms with Crippen LogP contribution >= 0.6 is 0 Å². The molecule has 3 rings (SSSR count). The molecule has 3 aliphatic rings. The van der Waals surface area contributed by atoms with Crippen molar-refractivity contribution in [1.29, 1.82) is 0 Å². The number of nitrogens with one attached hydrogen (secondary N) is 2. The van der Waals surface area contributed by atoms with Crippen molar-refractivity contribution in [3.05, 3.63) is 0 Å². The zero-order valence-electron chi connectivity index (χ0n) is 11.2. The summed E-state index contributed by atoms with van der Waals surface area (Å²) in [6.07, 6.45) is 2.82. The number of hydrogen-bond donors (Lipinski definition) is 3. The summed E-state index contributed by atoms with van der Waals surface area (Å²) in [7, 11) is 0. The number of rotatable bonds is 2. The van der Waals surface area contributed by atoms with Crippen LogP contribution in [0.25, 0.3) is 0 Å². The molecule has 2 aliphatic carbocycles. The third-order valence-electron chi connectivity index (χ3n) is 4.82. The van der Waals surface area contributed by atoms with Gasteiger partial charge < -0.3 is 20.6 Å². The lowest BCUT2D eigenvalue weighted by molar-refractivity contribution is -0.144. The number of piperazine rings is 1. The van der Waals surface area contributed by atoms with Crippen molar-refractivity contribution in [3.8, 4) is 0 Å². The summed E-state index contributed by atoms with van der Waals surface area (Å²) in [5.74, 6) is -1.01. The SMILES string of the molecule is O=C1CN(C(=O)NC2C3CCC(C3)C2C(=O)O)CCN1. The quantitative estimate of drug-likeness (QED) is 0.643. The van der Waals surface area contributed by atoms with Gasteiger partial charge in [0.15, 0.2) is 0 Å². The Morgan fingerprint density at radius 1 is 1.30 bits per heavy atom. The first-order valence-electron chi connectivity index (χ1n) is 7.11. The van der Waals surface area contributed by atoms with Gasteiger partial charge in [-0.05, 0) is 31.1 Å². The number of hydrogen-bond acceptors (Lipinski definition) is 3. The fraction of sp³-hybridized carbons (Fsp3) is 0.769. The van der Waals surface area contributed by atoms with Crippen LogP contribution in [0.3, 0.4) is 0 Å². The molecular formula is C13H19N3O4. The fourth-order valence-corrected chi connectivity index (χ4v) is 3.90. The van der Waals surface area contributed by atoms with Crippen molar-refractivity contribution >= 4 is 17.9 Å². The highest BCUT2D eigenvalue weighted by atomic mass is 16.4. The van der Waals surface area contributed by atoms with Crippen molar-refractivity contribution in [3.63, 3.8) is 0 Å². The molecule has 4 unspecified atom stereocenters. The molecule has 1 saturated heterocycles. The van der Waals surface area contributed by atoms with Gasteiger partial charge in [0.05, 0.1) is 5.92 Å². The van der Waals surface area contributed by atoms with Gasteiger partial charge in [0.25, 0.3) is 0 Å². The molecule has 0 radical (unpaired) electrons. The van der Waals surface area contributed by atoms with Gasteiger partial charge in [-0.2, -0.15) is 0 Å². The highest BCUT2D eigenvalue weighted by molar-refractivity contribution is 5.85. The number of aliphatic carboxylic acids is 1. The Balaban J connectivity index is 1.65. The Labute approximate surface area is 116 Å². The van der Waals surface area contributed by atoms with Crippen LogP contribution in [-0.2, 0) is 9.59 Å². The van der Waals surface area contributed by atoms with Crippen LogP contribution in [0.15, 0.2) is 0 Å². The van der Waals surface area contributed by atoms with Gasteiger partial charge in [0.2, 0.25) is 5.91 Å². The van der Waals surface area contributed by atoms with E-state index in [1.807, 2.05) is 0 Å². The Kier molecular flexibility index (Phi) is 3.27. The first kappa shape index (κ1) is 13.2. The van der Waals surface area contributed by atoms with E-state index in [0.29, 0.717) is 13.1 Å². The fourth-order valence-electron chi connectivity index (χ4n) is 3.90. The highest BCUT2D eigenvalue weighted by Gasteiger charge is 2.51. The number of carbonyl (C=O) groups is 3. The van der Waals surface area contributed by atoms with Gasteiger partial charge in [0.1, 0.15) is 6.54 Å². The van der Waals surface area contributed by atoms with E-state index in [1.54, 1.807) is 0 Å². The molecule has 0 aromatic carbocycles. The van der Waals surface area contributed by atoms with Crippen LogP contribution in [0.2, 0.25) is 0 Å². The number of urea groups is 1. The van der Waals surface area contributed by atoms with Crippen molar-refractivity contribution in [2.45, 2.75) is 25.3 Å². The molecule has 1 aliphatic heterocycles. The van der Waals surface area contributed by atoms with Crippen LogP contribution < -0.4 is 10.6 Å². The van der Waals surface area contributed by atoms with Gasteiger partial charge in [-0.15, -0.1) is 0 Å². The van der Waals surface area contributed by atoms with E-state index < -0.39 is 11.9 Å². The number of amides is 3. The Morgan fingerprint density at radius 3 is 2.75 bits per heavy atom. The lowest BCUT2D eigenvalue weighted by atomic mass is 9.84. The predicted molar refractivity (Wildman–Crippen MR) is 68.9 cm³/mol. The second-order valence-corrected chi connectivity index (χ2v) is 5.94. The van der Waals surface area contributed by atoms with E-state index in [2.05, 4.69) is 10.6 Å². The smallest absolute Gasteiger partial charge is 0.318 e. The standard InChI is InChI=1S/C13H19N3O4/c17-9-6-16(4-3-14-9)13(20)15-11-8-2-1-7(5-8)10(11)12(18)19/h7-8,10-11H,1-6H2,(H,14,17)(H,15,20)(H,18,19). The molecule has 4 atom stereocenters. The first-order chi connectivity index (χ1) is 9.56. The van der Waals surface area contributed by atoms with Crippen molar-refractivity contribution in [2.24, 2.45) is 17.8 Å². The zero-order chi connectivity index (χ0) is 14.3. The van der Waals surface area contributed by atoms with Crippen LogP contribution in [0.4, 0.5) is 4.79 Å². The number of fused-ring (bicyclic) bond motifs is 2. The third-order valence-corrected chi connectivity index (χ3v) is 4.82. The molecule has 0 spiro atoms. The van der Waals surface area contributed by atoms with Gasteiger partial charge >= 0.3 is 12.0 Å². The van der Waals surface area contributed by atoms with E-state index in [-0.39, 0.29) is 36.4 Å². The monoisotopic (exact) mass is 281 g/mol. The maximum atomic E-state index is 12.2. The predicted octanol–water partition coefficient (Wildman–Crippen LogP) is -0.373. The highest BCUT2D eigenvalue weighted by Crippen LogP contribution is 2.48. The minimum Gasteiger partial charge on any atom is -0.481 e. The van der Waals surface area contributed by atoms with Crippen molar-refractivity contribution < 1.29 is 19.5 Å². The molecule has 0 aromatic rings. The number of carbonyl (C=O) groups excluding carboxylic acids is 2. The minimum absolute atomic E-state index is 0.0460. The molecule has 0 aromatic heterocycles. The number of carboxylic acids is 1. The summed E-state index contributed by atoms with van der Waals surface area (Å²) in [5, 5.41) is 14.9. The second-order valence-electron chi connectivity index (χ2n) is 5.94. The van der Waals surface area contributed by atoms with Gasteiger partial charge in [-0.25, -0.2) is 4.79 Å². The topological polar surface area (TPSA) is 98.7 Å². The molecule has 2 bridgehead atoms. The Bertz CT molecular complexity index is 453. The molecular weight excluding hydrogens is 262 g/mol. The lowest BCUT2D eigenvalue weighted by Gasteiger charge is -2.33. The molecule has 3 fully saturated rings. The Morgan fingerprint density at radius 2 is 2.05 bits per heavy atom. The Hall–Kier alpha value is -1.79. The average molecular weight is 281 g/mol. The molecule has 7 heteroatoms. The van der Waals surface area contributed by atoms with Crippen LogP contribution in [0, 0.1) is 17.8 Å². The second kappa shape index (κ2) is 4.96. The third kappa shape index (κ3) is 2.21. The maximum Gasteiger partial charge on any atom is 0.318 e. The van der Waals surface area contributed by atoms with E-state index >= 15 is 0 Å². The van der Waals surface area contributed by atoms with Crippen LogP contribution in [0.5, 0.6) is 0 Å². The molecule has 20 heavy (non-hydrogen) atoms. The molecule has 3 amide bonds. The van der Waals surface area contributed by atoms with E-state index in [4.69, 9.17) is 0 Å². The summed E-state index contributed by atoms with van der Waals surface area (Å²) in [6, 6.07) is -0.604. The summed E-state index contributed by atoms with van der Waals surface area (Å²) in [4.78, 5) is 36.3. The first-order valence-corrected chi connectivity index (χ1v) is 7.11. The molecule has 1 heterocycles. The van der Waals surface area contributed by atoms with Gasteiger partial charge in [-0.1, -0.05) is 0 Å². The average Bonchev–Trinajstić information content (AvgIpc) is 2.99. The van der Waals surface area contributed by atoms with E-state index in [9.17, 15) is 19.5 Å². The zero-order valence-corrected chi connectivity index (χ0v) is 11.2. The van der Waals surface area contributed by atoms with Gasteiger partial charge in [0, 0.05) is 19.1 Å². The summed E-state index contributed by atoms with van der Waals surface area (Å²) in [5.41, 5.74) is 0. The van der Waals surface area contributed by atoms with Crippen LogP contribution in [-0.4, -0.2) is 53.6 Å². The number of nitrogens with zero attached hydrogens (tertiary/aromatic N) is 1. The summed E-state index contributed by atoms with van der Waals surface area (Å²) < 4.78 is 0. The van der Waals surface area contributed by atoms with Crippen molar-refractivity contribution in [1.82, 2.24) is 15.5 Å². The summed E-state index contributed by atoms with van der Waals surface area (Å²) in [6.45, 7) is 0.964. The number of carboxylic acid groups (broad SMARTS) is 1.